The van der Waals surface area contributed by atoms with E-state index in [2.05, 4.69) is 17.3 Å². The Hall–Kier alpha value is -2.92. The Balaban J connectivity index is 1.72. The minimum atomic E-state index is -0.0342. The molecule has 2 heterocycles. The largest absolute Gasteiger partial charge is 0.349 e. The summed E-state index contributed by atoms with van der Waals surface area (Å²) in [6, 6.07) is 20.1. The van der Waals surface area contributed by atoms with Crippen molar-refractivity contribution < 1.29 is 4.79 Å². The van der Waals surface area contributed by atoms with Gasteiger partial charge in [-0.15, -0.1) is 0 Å². The summed E-state index contributed by atoms with van der Waals surface area (Å²) in [5, 5.41) is 8.08. The topological polar surface area (TPSA) is 50.2 Å². The van der Waals surface area contributed by atoms with Gasteiger partial charge in [-0.1, -0.05) is 48.5 Å². The molecular weight excluding hydrogens is 348 g/mol. The summed E-state index contributed by atoms with van der Waals surface area (Å²) in [7, 11) is 2.12. The second kappa shape index (κ2) is 7.98. The molecule has 0 spiro atoms. The van der Waals surface area contributed by atoms with E-state index in [0.717, 1.165) is 48.6 Å². The van der Waals surface area contributed by atoms with Gasteiger partial charge in [0.2, 0.25) is 0 Å². The summed E-state index contributed by atoms with van der Waals surface area (Å²) in [6.07, 6.45) is 1.96. The van der Waals surface area contributed by atoms with Gasteiger partial charge in [0.25, 0.3) is 5.91 Å². The third-order valence-corrected chi connectivity index (χ3v) is 5.45. The number of carbonyl (C=O) groups is 1. The van der Waals surface area contributed by atoms with E-state index in [1.54, 1.807) is 0 Å². The average molecular weight is 374 g/mol. The van der Waals surface area contributed by atoms with Gasteiger partial charge < -0.3 is 10.2 Å². The molecule has 0 aliphatic carbocycles. The van der Waals surface area contributed by atoms with Crippen molar-refractivity contribution in [2.24, 2.45) is 0 Å². The van der Waals surface area contributed by atoms with Crippen molar-refractivity contribution in [2.45, 2.75) is 25.8 Å². The molecule has 0 unspecified atom stereocenters. The first-order valence-corrected chi connectivity index (χ1v) is 9.83. The van der Waals surface area contributed by atoms with Crippen LogP contribution in [-0.4, -0.2) is 46.8 Å². The summed E-state index contributed by atoms with van der Waals surface area (Å²) in [5.41, 5.74) is 4.15. The van der Waals surface area contributed by atoms with Crippen molar-refractivity contribution in [2.75, 3.05) is 20.1 Å². The number of carbonyl (C=O) groups excluding carboxylic acids is 1. The molecule has 28 heavy (non-hydrogen) atoms. The first-order valence-electron chi connectivity index (χ1n) is 9.83. The quantitative estimate of drug-likeness (QED) is 0.758. The molecule has 0 radical (unpaired) electrons. The van der Waals surface area contributed by atoms with Crippen molar-refractivity contribution >= 4 is 5.91 Å². The van der Waals surface area contributed by atoms with Crippen molar-refractivity contribution in [3.8, 4) is 16.9 Å². The van der Waals surface area contributed by atoms with Gasteiger partial charge in [0.1, 0.15) is 5.69 Å². The lowest BCUT2D eigenvalue weighted by Gasteiger charge is -2.29. The number of hydrogen-bond acceptors (Lipinski definition) is 3. The fourth-order valence-electron chi connectivity index (χ4n) is 3.80. The second-order valence-corrected chi connectivity index (χ2v) is 7.47. The van der Waals surface area contributed by atoms with E-state index in [1.807, 2.05) is 72.3 Å². The maximum atomic E-state index is 13.3. The number of amides is 1. The summed E-state index contributed by atoms with van der Waals surface area (Å²) in [5.74, 6) is -0.0342. The molecule has 2 aromatic carbocycles. The highest BCUT2D eigenvalue weighted by Gasteiger charge is 2.26. The van der Waals surface area contributed by atoms with E-state index in [4.69, 9.17) is 5.10 Å². The van der Waals surface area contributed by atoms with Crippen LogP contribution >= 0.6 is 0 Å². The lowest BCUT2D eigenvalue weighted by atomic mass is 10.0. The Morgan fingerprint density at radius 3 is 2.25 bits per heavy atom. The van der Waals surface area contributed by atoms with E-state index in [9.17, 15) is 4.79 Å². The molecule has 1 aliphatic rings. The van der Waals surface area contributed by atoms with Crippen LogP contribution < -0.4 is 5.32 Å². The number of likely N-dealkylation sites (tertiary alicyclic amines) is 1. The van der Waals surface area contributed by atoms with Crippen molar-refractivity contribution in [3.63, 3.8) is 0 Å². The van der Waals surface area contributed by atoms with Crippen LogP contribution in [0.25, 0.3) is 16.9 Å². The van der Waals surface area contributed by atoms with E-state index in [-0.39, 0.29) is 11.9 Å². The number of nitrogens with one attached hydrogen (secondary N) is 1. The van der Waals surface area contributed by atoms with E-state index < -0.39 is 0 Å². The van der Waals surface area contributed by atoms with Gasteiger partial charge in [0, 0.05) is 11.6 Å². The molecule has 4 rings (SSSR count). The Morgan fingerprint density at radius 2 is 1.61 bits per heavy atom. The maximum Gasteiger partial charge on any atom is 0.255 e. The van der Waals surface area contributed by atoms with E-state index >= 15 is 0 Å². The molecule has 1 aromatic heterocycles. The highest BCUT2D eigenvalue weighted by atomic mass is 16.1. The number of aromatic nitrogens is 2. The van der Waals surface area contributed by atoms with Gasteiger partial charge >= 0.3 is 0 Å². The number of nitrogens with zero attached hydrogens (tertiary/aromatic N) is 3. The zero-order chi connectivity index (χ0) is 19.5. The number of hydrogen-bond donors (Lipinski definition) is 1. The fourth-order valence-corrected chi connectivity index (χ4v) is 3.80. The first-order chi connectivity index (χ1) is 13.6. The lowest BCUT2D eigenvalue weighted by molar-refractivity contribution is 0.0917. The Morgan fingerprint density at radius 1 is 1.00 bits per heavy atom. The minimum Gasteiger partial charge on any atom is -0.349 e. The van der Waals surface area contributed by atoms with Crippen LogP contribution in [0, 0.1) is 6.92 Å². The fraction of sp³-hybridized carbons (Fsp3) is 0.304. The van der Waals surface area contributed by atoms with E-state index in [0.29, 0.717) is 5.56 Å². The molecule has 1 fully saturated rings. The molecule has 0 atom stereocenters. The predicted molar refractivity (Wildman–Crippen MR) is 112 cm³/mol. The Labute approximate surface area is 166 Å². The summed E-state index contributed by atoms with van der Waals surface area (Å²) >= 11 is 0. The highest BCUT2D eigenvalue weighted by molar-refractivity contribution is 6.01. The molecular formula is C23H26N4O. The molecule has 144 valence electrons. The van der Waals surface area contributed by atoms with Crippen molar-refractivity contribution in [3.05, 3.63) is 71.9 Å². The van der Waals surface area contributed by atoms with Gasteiger partial charge in [-0.3, -0.25) is 4.79 Å². The average Bonchev–Trinajstić information content (AvgIpc) is 3.08. The lowest BCUT2D eigenvalue weighted by Crippen LogP contribution is -2.43. The predicted octanol–water partition coefficient (Wildman–Crippen LogP) is 3.67. The van der Waals surface area contributed by atoms with Crippen molar-refractivity contribution in [1.82, 2.24) is 20.0 Å². The van der Waals surface area contributed by atoms with Crippen LogP contribution in [0.2, 0.25) is 0 Å². The maximum absolute atomic E-state index is 13.3. The SMILES string of the molecule is Cc1c(C(=O)NC2CCN(C)CC2)c(-c2ccccc2)nn1-c1ccccc1. The van der Waals surface area contributed by atoms with Crippen LogP contribution in [-0.2, 0) is 0 Å². The Kier molecular flexibility index (Phi) is 5.26. The number of para-hydroxylation sites is 1. The van der Waals surface area contributed by atoms with Gasteiger partial charge in [-0.25, -0.2) is 4.68 Å². The minimum absolute atomic E-state index is 0.0342. The standard InChI is InChI=1S/C23H26N4O/c1-17-21(23(28)24-19-13-15-26(2)16-14-19)22(18-9-5-3-6-10-18)25-27(17)20-11-7-4-8-12-20/h3-12,19H,13-16H2,1-2H3,(H,24,28). The number of rotatable bonds is 4. The third kappa shape index (κ3) is 3.71. The van der Waals surface area contributed by atoms with Crippen LogP contribution in [0.4, 0.5) is 0 Å². The van der Waals surface area contributed by atoms with Crippen LogP contribution in [0.3, 0.4) is 0 Å². The zero-order valence-electron chi connectivity index (χ0n) is 16.4. The smallest absolute Gasteiger partial charge is 0.255 e. The van der Waals surface area contributed by atoms with Gasteiger partial charge in [0.15, 0.2) is 0 Å². The molecule has 1 N–H and O–H groups in total. The molecule has 0 saturated carbocycles. The second-order valence-electron chi connectivity index (χ2n) is 7.47. The molecule has 1 saturated heterocycles. The summed E-state index contributed by atoms with van der Waals surface area (Å²) in [6.45, 7) is 3.99. The molecule has 3 aromatic rings. The van der Waals surface area contributed by atoms with E-state index in [1.165, 1.54) is 0 Å². The van der Waals surface area contributed by atoms with Gasteiger partial charge in [0.05, 0.1) is 16.9 Å². The molecule has 5 heteroatoms. The monoisotopic (exact) mass is 374 g/mol. The van der Waals surface area contributed by atoms with Crippen LogP contribution in [0.1, 0.15) is 28.9 Å². The Bertz CT molecular complexity index is 941. The van der Waals surface area contributed by atoms with Crippen LogP contribution in [0.5, 0.6) is 0 Å². The van der Waals surface area contributed by atoms with Crippen molar-refractivity contribution in [1.29, 1.82) is 0 Å². The number of benzene rings is 2. The number of piperidine rings is 1. The van der Waals surface area contributed by atoms with Gasteiger partial charge in [-0.2, -0.15) is 5.10 Å². The molecule has 5 nitrogen and oxygen atoms in total. The zero-order valence-corrected chi connectivity index (χ0v) is 16.4. The van der Waals surface area contributed by atoms with Gasteiger partial charge in [-0.05, 0) is 52.0 Å². The normalized spacial score (nSPS) is 15.5. The highest BCUT2D eigenvalue weighted by Crippen LogP contribution is 2.27. The summed E-state index contributed by atoms with van der Waals surface area (Å²) in [4.78, 5) is 15.6. The molecule has 1 aliphatic heterocycles. The first kappa shape index (κ1) is 18.4. The van der Waals surface area contributed by atoms with Crippen LogP contribution in [0.15, 0.2) is 60.7 Å². The summed E-state index contributed by atoms with van der Waals surface area (Å²) < 4.78 is 1.87. The third-order valence-electron chi connectivity index (χ3n) is 5.45. The molecule has 1 amide bonds. The molecule has 0 bridgehead atoms.